The zero-order chi connectivity index (χ0) is 20.6. The molecule has 0 radical (unpaired) electrons. The van der Waals surface area contributed by atoms with E-state index in [9.17, 15) is 9.59 Å². The number of hydrogen-bond acceptors (Lipinski definition) is 4. The fraction of sp³-hybridized carbons (Fsp3) is 0.680. The molecule has 1 aromatic rings. The van der Waals surface area contributed by atoms with Crippen molar-refractivity contribution in [2.45, 2.75) is 90.6 Å². The number of hydrogen-bond donors (Lipinski definition) is 0. The van der Waals surface area contributed by atoms with Gasteiger partial charge in [0.05, 0.1) is 11.5 Å². The van der Waals surface area contributed by atoms with Crippen LogP contribution in [0.4, 0.5) is 0 Å². The molecule has 0 spiro atoms. The molecule has 2 aliphatic rings. The van der Waals surface area contributed by atoms with Gasteiger partial charge in [0.15, 0.2) is 0 Å². The Morgan fingerprint density at radius 2 is 1.59 bits per heavy atom. The second-order valence-corrected chi connectivity index (χ2v) is 9.09. The Labute approximate surface area is 175 Å². The second kappa shape index (κ2) is 10.8. The van der Waals surface area contributed by atoms with E-state index < -0.39 is 0 Å². The number of carbonyl (C=O) groups is 2. The molecule has 2 fully saturated rings. The Morgan fingerprint density at radius 3 is 2.21 bits per heavy atom. The zero-order valence-electron chi connectivity index (χ0n) is 18.0. The molecule has 0 saturated heterocycles. The topological polar surface area (TPSA) is 52.6 Å². The highest BCUT2D eigenvalue weighted by Crippen LogP contribution is 2.33. The molecule has 4 heteroatoms. The monoisotopic (exact) mass is 400 g/mol. The van der Waals surface area contributed by atoms with Crippen LogP contribution in [0.1, 0.15) is 94.8 Å². The average molecular weight is 401 g/mol. The van der Waals surface area contributed by atoms with E-state index in [1.54, 1.807) is 24.3 Å². The molecule has 0 aromatic heterocycles. The molecular formula is C25H36O4. The molecule has 0 aliphatic heterocycles. The van der Waals surface area contributed by atoms with Crippen molar-refractivity contribution in [1.82, 2.24) is 0 Å². The number of rotatable bonds is 7. The molecule has 29 heavy (non-hydrogen) atoms. The van der Waals surface area contributed by atoms with Crippen molar-refractivity contribution in [2.24, 2.45) is 17.8 Å². The summed E-state index contributed by atoms with van der Waals surface area (Å²) in [6.45, 7) is 4.47. The molecule has 0 atom stereocenters. The van der Waals surface area contributed by atoms with Crippen LogP contribution in [-0.4, -0.2) is 18.0 Å². The molecule has 0 heterocycles. The van der Waals surface area contributed by atoms with Gasteiger partial charge in [-0.05, 0) is 87.5 Å². The average Bonchev–Trinajstić information content (AvgIpc) is 2.74. The quantitative estimate of drug-likeness (QED) is 0.397. The van der Waals surface area contributed by atoms with Gasteiger partial charge in [-0.1, -0.05) is 33.1 Å². The number of ether oxygens (including phenoxy) is 2. The van der Waals surface area contributed by atoms with Crippen molar-refractivity contribution in [3.05, 3.63) is 29.8 Å². The Kier molecular flexibility index (Phi) is 8.14. The first-order valence-corrected chi connectivity index (χ1v) is 11.6. The number of unbranched alkanes of at least 4 members (excludes halogenated alkanes) is 1. The highest BCUT2D eigenvalue weighted by molar-refractivity contribution is 5.89. The van der Waals surface area contributed by atoms with E-state index in [-0.39, 0.29) is 24.0 Å². The van der Waals surface area contributed by atoms with Crippen molar-refractivity contribution < 1.29 is 19.1 Å². The van der Waals surface area contributed by atoms with E-state index in [1.165, 1.54) is 19.3 Å². The first kappa shape index (κ1) is 21.9. The summed E-state index contributed by atoms with van der Waals surface area (Å²) in [5.74, 6) is 1.60. The maximum absolute atomic E-state index is 12.5. The lowest BCUT2D eigenvalue weighted by Crippen LogP contribution is -2.25. The molecule has 2 saturated carbocycles. The standard InChI is InChI=1S/C25H36O4/c1-3-4-5-19-8-10-20(11-9-19)24(26)29-23-16-12-21(13-17-23)25(27)28-22-14-6-18(2)7-15-22/h12-13,16-20,22H,3-11,14-15H2,1-2H3. The van der Waals surface area contributed by atoms with Crippen LogP contribution in [0.25, 0.3) is 0 Å². The first-order valence-electron chi connectivity index (χ1n) is 11.6. The van der Waals surface area contributed by atoms with Gasteiger partial charge < -0.3 is 9.47 Å². The molecule has 160 valence electrons. The predicted molar refractivity (Wildman–Crippen MR) is 114 cm³/mol. The molecule has 4 nitrogen and oxygen atoms in total. The van der Waals surface area contributed by atoms with Crippen LogP contribution in [0.3, 0.4) is 0 Å². The highest BCUT2D eigenvalue weighted by Gasteiger charge is 2.27. The van der Waals surface area contributed by atoms with Gasteiger partial charge in [0.1, 0.15) is 11.9 Å². The minimum Gasteiger partial charge on any atom is -0.459 e. The first-order chi connectivity index (χ1) is 14.0. The van der Waals surface area contributed by atoms with Crippen LogP contribution in [0.5, 0.6) is 5.75 Å². The van der Waals surface area contributed by atoms with Crippen LogP contribution in [-0.2, 0) is 9.53 Å². The number of benzene rings is 1. The van der Waals surface area contributed by atoms with Gasteiger partial charge >= 0.3 is 11.9 Å². The van der Waals surface area contributed by atoms with Gasteiger partial charge in [0.2, 0.25) is 0 Å². The van der Waals surface area contributed by atoms with E-state index in [4.69, 9.17) is 9.47 Å². The van der Waals surface area contributed by atoms with Crippen LogP contribution in [0.15, 0.2) is 24.3 Å². The minimum atomic E-state index is -0.284. The Morgan fingerprint density at radius 1 is 0.931 bits per heavy atom. The summed E-state index contributed by atoms with van der Waals surface area (Å²) in [6, 6.07) is 6.78. The van der Waals surface area contributed by atoms with E-state index >= 15 is 0 Å². The molecular weight excluding hydrogens is 364 g/mol. The highest BCUT2D eigenvalue weighted by atomic mass is 16.5. The van der Waals surface area contributed by atoms with Crippen LogP contribution in [0, 0.1) is 17.8 Å². The van der Waals surface area contributed by atoms with Gasteiger partial charge in [0.25, 0.3) is 0 Å². The maximum Gasteiger partial charge on any atom is 0.338 e. The maximum atomic E-state index is 12.5. The summed E-state index contributed by atoms with van der Waals surface area (Å²) in [5, 5.41) is 0. The van der Waals surface area contributed by atoms with E-state index in [0.29, 0.717) is 11.3 Å². The van der Waals surface area contributed by atoms with Crippen LogP contribution in [0.2, 0.25) is 0 Å². The molecule has 0 unspecified atom stereocenters. The third kappa shape index (κ3) is 6.58. The van der Waals surface area contributed by atoms with Crippen molar-refractivity contribution in [1.29, 1.82) is 0 Å². The lowest BCUT2D eigenvalue weighted by molar-refractivity contribution is -0.140. The van der Waals surface area contributed by atoms with E-state index in [2.05, 4.69) is 13.8 Å². The minimum absolute atomic E-state index is 0.00575. The molecule has 0 N–H and O–H groups in total. The SMILES string of the molecule is CCCCC1CCC(C(=O)Oc2ccc(C(=O)OC3CCC(C)CC3)cc2)CC1. The Balaban J connectivity index is 1.44. The zero-order valence-corrected chi connectivity index (χ0v) is 18.0. The van der Waals surface area contributed by atoms with Crippen LogP contribution >= 0.6 is 0 Å². The van der Waals surface area contributed by atoms with Gasteiger partial charge in [-0.2, -0.15) is 0 Å². The van der Waals surface area contributed by atoms with Crippen molar-refractivity contribution >= 4 is 11.9 Å². The summed E-state index contributed by atoms with van der Waals surface area (Å²) in [4.78, 5) is 24.8. The van der Waals surface area contributed by atoms with Crippen molar-refractivity contribution in [3.63, 3.8) is 0 Å². The van der Waals surface area contributed by atoms with Gasteiger partial charge in [-0.25, -0.2) is 4.79 Å². The molecule has 1 aromatic carbocycles. The lowest BCUT2D eigenvalue weighted by Gasteiger charge is -2.27. The summed E-state index contributed by atoms with van der Waals surface area (Å²) in [6.07, 6.45) is 12.1. The molecule has 3 rings (SSSR count). The molecule has 0 amide bonds. The van der Waals surface area contributed by atoms with E-state index in [0.717, 1.165) is 63.2 Å². The molecule has 0 bridgehead atoms. The smallest absolute Gasteiger partial charge is 0.338 e. The van der Waals surface area contributed by atoms with Gasteiger partial charge in [-0.15, -0.1) is 0 Å². The Bertz CT molecular complexity index is 650. The normalized spacial score (nSPS) is 27.2. The lowest BCUT2D eigenvalue weighted by atomic mass is 9.80. The second-order valence-electron chi connectivity index (χ2n) is 9.09. The summed E-state index contributed by atoms with van der Waals surface area (Å²) in [7, 11) is 0. The predicted octanol–water partition coefficient (Wildman–Crippen LogP) is 6.32. The molecule has 2 aliphatic carbocycles. The number of carbonyl (C=O) groups excluding carboxylic acids is 2. The largest absolute Gasteiger partial charge is 0.459 e. The third-order valence-electron chi connectivity index (χ3n) is 6.69. The van der Waals surface area contributed by atoms with Gasteiger partial charge in [0, 0.05) is 0 Å². The van der Waals surface area contributed by atoms with Crippen molar-refractivity contribution in [3.8, 4) is 5.75 Å². The number of esters is 2. The fourth-order valence-corrected chi connectivity index (χ4v) is 4.60. The van der Waals surface area contributed by atoms with Gasteiger partial charge in [-0.3, -0.25) is 4.79 Å². The fourth-order valence-electron chi connectivity index (χ4n) is 4.60. The van der Waals surface area contributed by atoms with Crippen molar-refractivity contribution in [2.75, 3.05) is 0 Å². The summed E-state index contributed by atoms with van der Waals surface area (Å²) >= 11 is 0. The van der Waals surface area contributed by atoms with E-state index in [1.807, 2.05) is 0 Å². The summed E-state index contributed by atoms with van der Waals surface area (Å²) in [5.41, 5.74) is 0.514. The Hall–Kier alpha value is -1.84. The van der Waals surface area contributed by atoms with Crippen LogP contribution < -0.4 is 4.74 Å². The summed E-state index contributed by atoms with van der Waals surface area (Å²) < 4.78 is 11.2. The third-order valence-corrected chi connectivity index (χ3v) is 6.69.